The number of para-hydroxylation sites is 1. The number of nitriles is 2. The number of benzene rings is 5. The Morgan fingerprint density at radius 1 is 0.667 bits per heavy atom. The van der Waals surface area contributed by atoms with Crippen molar-refractivity contribution >= 4 is 55.8 Å². The highest BCUT2D eigenvalue weighted by Gasteiger charge is 2.27. The molecule has 0 radical (unpaired) electrons. The Kier molecular flexibility index (Phi) is 5.20. The molecule has 0 amide bonds. The number of nitrogens with zero attached hydrogens (tertiary/aromatic N) is 3. The highest BCUT2D eigenvalue weighted by Crippen LogP contribution is 2.45. The molecule has 6 rings (SSSR count). The van der Waals surface area contributed by atoms with Gasteiger partial charge in [0.15, 0.2) is 0 Å². The minimum Gasteiger partial charge on any atom is -0.307 e. The molecule has 0 bridgehead atoms. The number of aromatic nitrogens is 1. The summed E-state index contributed by atoms with van der Waals surface area (Å²) in [6.45, 7) is 1.99. The van der Waals surface area contributed by atoms with Gasteiger partial charge < -0.3 is 4.57 Å². The van der Waals surface area contributed by atoms with Crippen molar-refractivity contribution in [2.75, 3.05) is 0 Å². The third-order valence-electron chi connectivity index (χ3n) is 6.68. The van der Waals surface area contributed by atoms with Crippen LogP contribution in [0.1, 0.15) is 16.7 Å². The smallest absolute Gasteiger partial charge is 0.103 e. The predicted molar refractivity (Wildman–Crippen MR) is 148 cm³/mol. The molecule has 0 fully saturated rings. The topological polar surface area (TPSA) is 52.5 Å². The van der Waals surface area contributed by atoms with Crippen LogP contribution in [0.2, 0.25) is 10.0 Å². The lowest BCUT2D eigenvalue weighted by molar-refractivity contribution is 1.16. The molecule has 6 aromatic rings. The Bertz CT molecular complexity index is 1890. The van der Waals surface area contributed by atoms with Crippen molar-refractivity contribution in [3.63, 3.8) is 0 Å². The van der Waals surface area contributed by atoms with Gasteiger partial charge in [0.2, 0.25) is 0 Å². The normalized spacial score (nSPS) is 11.1. The first-order valence-corrected chi connectivity index (χ1v) is 12.1. The zero-order chi connectivity index (χ0) is 25.0. The van der Waals surface area contributed by atoms with Crippen molar-refractivity contribution in [3.8, 4) is 29.0 Å². The van der Waals surface area contributed by atoms with Gasteiger partial charge in [-0.05, 0) is 41.5 Å². The van der Waals surface area contributed by atoms with Crippen LogP contribution in [0.15, 0.2) is 84.9 Å². The largest absolute Gasteiger partial charge is 0.307 e. The van der Waals surface area contributed by atoms with Crippen LogP contribution in [0.5, 0.6) is 0 Å². The molecular weight excluding hydrogens is 485 g/mol. The Labute approximate surface area is 217 Å². The van der Waals surface area contributed by atoms with E-state index in [0.29, 0.717) is 11.3 Å². The van der Waals surface area contributed by atoms with E-state index >= 15 is 0 Å². The minimum atomic E-state index is 0.212. The monoisotopic (exact) mass is 501 g/mol. The number of rotatable bonds is 2. The van der Waals surface area contributed by atoms with Crippen LogP contribution in [0.3, 0.4) is 0 Å². The number of halogens is 2. The molecule has 0 aliphatic carbocycles. The van der Waals surface area contributed by atoms with E-state index in [4.69, 9.17) is 23.2 Å². The van der Waals surface area contributed by atoms with Crippen LogP contribution >= 0.6 is 23.2 Å². The van der Waals surface area contributed by atoms with Crippen LogP contribution < -0.4 is 0 Å². The lowest BCUT2D eigenvalue weighted by atomic mass is 9.97. The second kappa shape index (κ2) is 8.43. The van der Waals surface area contributed by atoms with Crippen LogP contribution in [0.4, 0.5) is 0 Å². The van der Waals surface area contributed by atoms with Crippen molar-refractivity contribution in [2.45, 2.75) is 6.92 Å². The first-order valence-electron chi connectivity index (χ1n) is 11.4. The fourth-order valence-electron chi connectivity index (χ4n) is 4.98. The number of aryl methyl sites for hydroxylation is 1. The third kappa shape index (κ3) is 3.19. The van der Waals surface area contributed by atoms with Crippen LogP contribution in [-0.4, -0.2) is 4.57 Å². The third-order valence-corrected chi connectivity index (χ3v) is 7.44. The van der Waals surface area contributed by atoms with Gasteiger partial charge in [-0.25, -0.2) is 0 Å². The van der Waals surface area contributed by atoms with Gasteiger partial charge in [0.1, 0.15) is 12.1 Å². The molecular formula is C31H17Cl2N3. The standard InChI is InChI=1S/C31H17Cl2N3/c1-18-10-12-19(13-11-18)28-29(32)24(16-34)31(25(17-35)30(28)33)36-26-9-5-4-8-22(26)23-14-20-6-2-3-7-21(20)15-27(23)36/h2-15H,1H3. The minimum absolute atomic E-state index is 0.212. The Balaban J connectivity index is 1.80. The first-order chi connectivity index (χ1) is 17.5. The number of hydrogen-bond acceptors (Lipinski definition) is 2. The molecule has 0 aliphatic rings. The highest BCUT2D eigenvalue weighted by atomic mass is 35.5. The van der Waals surface area contributed by atoms with Crippen molar-refractivity contribution < 1.29 is 0 Å². The van der Waals surface area contributed by atoms with Gasteiger partial charge in [-0.2, -0.15) is 10.5 Å². The van der Waals surface area contributed by atoms with E-state index in [0.717, 1.165) is 43.7 Å². The molecule has 5 heteroatoms. The summed E-state index contributed by atoms with van der Waals surface area (Å²) in [6, 6.07) is 32.6. The van der Waals surface area contributed by atoms with E-state index in [1.54, 1.807) is 0 Å². The maximum absolute atomic E-state index is 10.3. The Hall–Kier alpha value is -4.28. The molecule has 0 atom stereocenters. The second-order valence-electron chi connectivity index (χ2n) is 8.76. The summed E-state index contributed by atoms with van der Waals surface area (Å²) in [5.74, 6) is 0. The van der Waals surface area contributed by atoms with Gasteiger partial charge in [0.05, 0.1) is 37.9 Å². The maximum Gasteiger partial charge on any atom is 0.103 e. The zero-order valence-corrected chi connectivity index (χ0v) is 20.7. The maximum atomic E-state index is 10.3. The first kappa shape index (κ1) is 22.2. The predicted octanol–water partition coefficient (Wildman–Crippen LogP) is 8.96. The summed E-state index contributed by atoms with van der Waals surface area (Å²) >= 11 is 13.8. The van der Waals surface area contributed by atoms with Crippen LogP contribution in [0.25, 0.3) is 49.4 Å². The van der Waals surface area contributed by atoms with Gasteiger partial charge in [0, 0.05) is 16.3 Å². The van der Waals surface area contributed by atoms with Gasteiger partial charge in [-0.1, -0.05) is 95.5 Å². The summed E-state index contributed by atoms with van der Waals surface area (Å²) in [4.78, 5) is 0. The highest BCUT2D eigenvalue weighted by molar-refractivity contribution is 6.41. The zero-order valence-electron chi connectivity index (χ0n) is 19.2. The average Bonchev–Trinajstić information content (AvgIpc) is 3.21. The molecule has 170 valence electrons. The fraction of sp³-hybridized carbons (Fsp3) is 0.0323. The second-order valence-corrected chi connectivity index (χ2v) is 9.52. The van der Waals surface area contributed by atoms with E-state index in [1.165, 1.54) is 0 Å². The van der Waals surface area contributed by atoms with E-state index in [2.05, 4.69) is 30.3 Å². The molecule has 0 N–H and O–H groups in total. The number of fused-ring (bicyclic) bond motifs is 4. The van der Waals surface area contributed by atoms with E-state index in [9.17, 15) is 10.5 Å². The van der Waals surface area contributed by atoms with E-state index < -0.39 is 0 Å². The number of hydrogen-bond donors (Lipinski definition) is 0. The van der Waals surface area contributed by atoms with E-state index in [-0.39, 0.29) is 21.2 Å². The summed E-state index contributed by atoms with van der Waals surface area (Å²) in [5.41, 5.74) is 4.88. The summed E-state index contributed by atoms with van der Waals surface area (Å²) in [5, 5.41) is 25.3. The molecule has 1 heterocycles. The quantitative estimate of drug-likeness (QED) is 0.237. The average molecular weight is 502 g/mol. The van der Waals surface area contributed by atoms with Gasteiger partial charge in [0.25, 0.3) is 0 Å². The van der Waals surface area contributed by atoms with Crippen molar-refractivity contribution in [1.82, 2.24) is 4.57 Å². The van der Waals surface area contributed by atoms with Crippen molar-refractivity contribution in [2.24, 2.45) is 0 Å². The van der Waals surface area contributed by atoms with Crippen LogP contribution in [0, 0.1) is 29.6 Å². The van der Waals surface area contributed by atoms with Gasteiger partial charge in [-0.15, -0.1) is 0 Å². The SMILES string of the molecule is Cc1ccc(-c2c(Cl)c(C#N)c(-n3c4ccccc4c4cc5ccccc5cc43)c(C#N)c2Cl)cc1. The molecule has 5 aromatic carbocycles. The van der Waals surface area contributed by atoms with Crippen molar-refractivity contribution in [1.29, 1.82) is 10.5 Å². The molecule has 0 saturated carbocycles. The Morgan fingerprint density at radius 2 is 1.25 bits per heavy atom. The summed E-state index contributed by atoms with van der Waals surface area (Å²) in [7, 11) is 0. The van der Waals surface area contributed by atoms with Crippen LogP contribution in [-0.2, 0) is 0 Å². The molecule has 0 unspecified atom stereocenters. The van der Waals surface area contributed by atoms with Gasteiger partial charge >= 0.3 is 0 Å². The molecule has 0 aliphatic heterocycles. The lowest BCUT2D eigenvalue weighted by Gasteiger charge is -2.18. The lowest BCUT2D eigenvalue weighted by Crippen LogP contribution is -2.04. The molecule has 1 aromatic heterocycles. The van der Waals surface area contributed by atoms with E-state index in [1.807, 2.05) is 78.2 Å². The Morgan fingerprint density at radius 3 is 1.89 bits per heavy atom. The fourth-order valence-corrected chi connectivity index (χ4v) is 5.70. The summed E-state index contributed by atoms with van der Waals surface area (Å²) < 4.78 is 1.95. The summed E-state index contributed by atoms with van der Waals surface area (Å²) in [6.07, 6.45) is 0. The molecule has 3 nitrogen and oxygen atoms in total. The van der Waals surface area contributed by atoms with Crippen molar-refractivity contribution in [3.05, 3.63) is 112 Å². The molecule has 36 heavy (non-hydrogen) atoms. The molecule has 0 saturated heterocycles. The molecule has 0 spiro atoms. The van der Waals surface area contributed by atoms with Gasteiger partial charge in [-0.3, -0.25) is 0 Å².